The molecule has 0 unspecified atom stereocenters. The van der Waals surface area contributed by atoms with Crippen molar-refractivity contribution in [2.24, 2.45) is 0 Å². The van der Waals surface area contributed by atoms with Crippen LogP contribution >= 0.6 is 0 Å². The van der Waals surface area contributed by atoms with Crippen LogP contribution in [-0.2, 0) is 0 Å². The third kappa shape index (κ3) is 4.41. The molecule has 7 nitrogen and oxygen atoms in total. The van der Waals surface area contributed by atoms with Gasteiger partial charge in [0.2, 0.25) is 0 Å². The second-order valence-electron chi connectivity index (χ2n) is 8.35. The molecule has 9 heteroatoms. The highest BCUT2D eigenvalue weighted by atomic mass is 19.1. The maximum absolute atomic E-state index is 13.5. The van der Waals surface area contributed by atoms with Gasteiger partial charge in [-0.2, -0.15) is 0 Å². The number of amides is 2. The smallest absolute Gasteiger partial charge is 0.317 e. The number of fused-ring (bicyclic) bond motifs is 1. The van der Waals surface area contributed by atoms with Crippen molar-refractivity contribution in [3.05, 3.63) is 78.1 Å². The van der Waals surface area contributed by atoms with E-state index in [1.54, 1.807) is 29.2 Å². The van der Waals surface area contributed by atoms with E-state index in [9.17, 15) is 13.6 Å². The van der Waals surface area contributed by atoms with Crippen molar-refractivity contribution in [2.45, 2.75) is 13.0 Å². The molecule has 174 valence electrons. The van der Waals surface area contributed by atoms with Gasteiger partial charge in [-0.05, 0) is 60.5 Å². The number of H-pyrrole nitrogens is 1. The fraction of sp³-hybridized carbons (Fsp3) is 0.240. The van der Waals surface area contributed by atoms with Gasteiger partial charge < -0.3 is 20.1 Å². The summed E-state index contributed by atoms with van der Waals surface area (Å²) in [6.07, 6.45) is 1.52. The fourth-order valence-electron chi connectivity index (χ4n) is 4.22. The SMILES string of the molecule is C[C@H](NC(=O)N1CCN(c2ncnc3[nH]c(-c4ccc(F)cc4)cc23)CC1)c1cccc(F)c1. The van der Waals surface area contributed by atoms with Crippen LogP contribution in [0.2, 0.25) is 0 Å². The standard InChI is InChI=1S/C25H24F2N6O/c1-16(18-3-2-4-20(27)13-18)30-25(34)33-11-9-32(10-12-33)24-21-14-22(31-23(21)28-15-29-24)17-5-7-19(26)8-6-17/h2-8,13-16H,9-12H2,1H3,(H,30,34)(H,28,29,31)/t16-/m0/s1. The van der Waals surface area contributed by atoms with Gasteiger partial charge in [-0.3, -0.25) is 0 Å². The number of nitrogens with zero attached hydrogens (tertiary/aromatic N) is 4. The number of carbonyl (C=O) groups is 1. The van der Waals surface area contributed by atoms with E-state index in [0.717, 1.165) is 28.0 Å². The molecule has 1 saturated heterocycles. The van der Waals surface area contributed by atoms with Crippen LogP contribution in [0.25, 0.3) is 22.3 Å². The second kappa shape index (κ2) is 9.09. The second-order valence-corrected chi connectivity index (χ2v) is 8.35. The van der Waals surface area contributed by atoms with Crippen molar-refractivity contribution in [3.63, 3.8) is 0 Å². The number of urea groups is 1. The van der Waals surface area contributed by atoms with E-state index in [-0.39, 0.29) is 23.7 Å². The van der Waals surface area contributed by atoms with Crippen LogP contribution in [0.4, 0.5) is 19.4 Å². The summed E-state index contributed by atoms with van der Waals surface area (Å²) in [4.78, 5) is 28.8. The molecule has 2 amide bonds. The van der Waals surface area contributed by atoms with E-state index < -0.39 is 0 Å². The van der Waals surface area contributed by atoms with Gasteiger partial charge in [0, 0.05) is 31.9 Å². The first-order chi connectivity index (χ1) is 16.5. The minimum absolute atomic E-state index is 0.176. The lowest BCUT2D eigenvalue weighted by Gasteiger charge is -2.36. The van der Waals surface area contributed by atoms with Crippen LogP contribution in [0.1, 0.15) is 18.5 Å². The number of halogens is 2. The molecule has 1 aliphatic heterocycles. The number of aromatic nitrogens is 3. The third-order valence-corrected chi connectivity index (χ3v) is 6.11. The number of benzene rings is 2. The Morgan fingerprint density at radius 1 is 1.00 bits per heavy atom. The molecule has 1 atom stereocenters. The van der Waals surface area contributed by atoms with Crippen molar-refractivity contribution in [1.82, 2.24) is 25.2 Å². The van der Waals surface area contributed by atoms with Crippen molar-refractivity contribution < 1.29 is 13.6 Å². The predicted molar refractivity (Wildman–Crippen MR) is 126 cm³/mol. The number of carbonyl (C=O) groups excluding carboxylic acids is 1. The summed E-state index contributed by atoms with van der Waals surface area (Å²) >= 11 is 0. The lowest BCUT2D eigenvalue weighted by Crippen LogP contribution is -2.52. The zero-order chi connectivity index (χ0) is 23.7. The number of hydrogen-bond acceptors (Lipinski definition) is 4. The topological polar surface area (TPSA) is 77.2 Å². The van der Waals surface area contributed by atoms with Crippen molar-refractivity contribution in [2.75, 3.05) is 31.1 Å². The minimum atomic E-state index is -0.323. The minimum Gasteiger partial charge on any atom is -0.352 e. The molecule has 0 spiro atoms. The highest BCUT2D eigenvalue weighted by Crippen LogP contribution is 2.29. The maximum Gasteiger partial charge on any atom is 0.317 e. The molecule has 0 radical (unpaired) electrons. The van der Waals surface area contributed by atoms with Crippen LogP contribution < -0.4 is 10.2 Å². The van der Waals surface area contributed by atoms with Crippen molar-refractivity contribution in [3.8, 4) is 11.3 Å². The molecule has 34 heavy (non-hydrogen) atoms. The summed E-state index contributed by atoms with van der Waals surface area (Å²) in [7, 11) is 0. The summed E-state index contributed by atoms with van der Waals surface area (Å²) in [5.41, 5.74) is 3.12. The lowest BCUT2D eigenvalue weighted by molar-refractivity contribution is 0.191. The van der Waals surface area contributed by atoms with E-state index >= 15 is 0 Å². The quantitative estimate of drug-likeness (QED) is 0.468. The zero-order valence-electron chi connectivity index (χ0n) is 18.6. The molecular formula is C25H24F2N6O. The number of nitrogens with one attached hydrogen (secondary N) is 2. The average Bonchev–Trinajstić information content (AvgIpc) is 3.29. The molecule has 2 N–H and O–H groups in total. The van der Waals surface area contributed by atoms with Crippen molar-refractivity contribution in [1.29, 1.82) is 0 Å². The third-order valence-electron chi connectivity index (χ3n) is 6.11. The van der Waals surface area contributed by atoms with Crippen LogP contribution in [0.3, 0.4) is 0 Å². The van der Waals surface area contributed by atoms with Gasteiger partial charge in [0.05, 0.1) is 11.4 Å². The molecular weight excluding hydrogens is 438 g/mol. The molecule has 2 aromatic carbocycles. The zero-order valence-corrected chi connectivity index (χ0v) is 18.6. The Morgan fingerprint density at radius 3 is 2.50 bits per heavy atom. The largest absolute Gasteiger partial charge is 0.352 e. The van der Waals surface area contributed by atoms with Gasteiger partial charge >= 0.3 is 6.03 Å². The van der Waals surface area contributed by atoms with E-state index in [1.807, 2.05) is 13.0 Å². The number of aromatic amines is 1. The van der Waals surface area contributed by atoms with Crippen LogP contribution in [0, 0.1) is 11.6 Å². The van der Waals surface area contributed by atoms with Gasteiger partial charge in [0.25, 0.3) is 0 Å². The number of anilines is 1. The predicted octanol–water partition coefficient (Wildman–Crippen LogP) is 4.50. The van der Waals surface area contributed by atoms with E-state index in [2.05, 4.69) is 25.2 Å². The molecule has 0 saturated carbocycles. The normalized spacial score (nSPS) is 14.9. The Bertz CT molecular complexity index is 1310. The summed E-state index contributed by atoms with van der Waals surface area (Å²) in [5, 5.41) is 3.82. The first-order valence-corrected chi connectivity index (χ1v) is 11.1. The summed E-state index contributed by atoms with van der Waals surface area (Å²) in [5.74, 6) is 0.186. The molecule has 1 aliphatic rings. The van der Waals surface area contributed by atoms with Crippen LogP contribution in [0.15, 0.2) is 60.9 Å². The molecule has 5 rings (SSSR count). The van der Waals surface area contributed by atoms with Gasteiger partial charge in [-0.15, -0.1) is 0 Å². The first kappa shape index (κ1) is 21.8. The van der Waals surface area contributed by atoms with E-state index in [0.29, 0.717) is 31.8 Å². The number of rotatable bonds is 4. The fourth-order valence-corrected chi connectivity index (χ4v) is 4.22. The molecule has 2 aromatic heterocycles. The first-order valence-electron chi connectivity index (χ1n) is 11.1. The van der Waals surface area contributed by atoms with Gasteiger partial charge in [0.1, 0.15) is 29.4 Å². The maximum atomic E-state index is 13.5. The monoisotopic (exact) mass is 462 g/mol. The molecule has 3 heterocycles. The van der Waals surface area contributed by atoms with Crippen LogP contribution in [0.5, 0.6) is 0 Å². The summed E-state index contributed by atoms with van der Waals surface area (Å²) in [6.45, 7) is 4.13. The number of hydrogen-bond donors (Lipinski definition) is 2. The van der Waals surface area contributed by atoms with Gasteiger partial charge in [0.15, 0.2) is 0 Å². The summed E-state index contributed by atoms with van der Waals surface area (Å²) in [6, 6.07) is 14.0. The van der Waals surface area contributed by atoms with Crippen LogP contribution in [-0.4, -0.2) is 52.1 Å². The molecule has 4 aromatic rings. The highest BCUT2D eigenvalue weighted by molar-refractivity contribution is 5.92. The van der Waals surface area contributed by atoms with Gasteiger partial charge in [-0.25, -0.2) is 23.5 Å². The Morgan fingerprint density at radius 2 is 1.76 bits per heavy atom. The molecule has 0 aliphatic carbocycles. The highest BCUT2D eigenvalue weighted by Gasteiger charge is 2.25. The van der Waals surface area contributed by atoms with Gasteiger partial charge in [-0.1, -0.05) is 12.1 Å². The Balaban J connectivity index is 1.26. The Labute approximate surface area is 195 Å². The van der Waals surface area contributed by atoms with Crippen molar-refractivity contribution >= 4 is 22.9 Å². The molecule has 0 bridgehead atoms. The molecule has 1 fully saturated rings. The van der Waals surface area contributed by atoms with E-state index in [4.69, 9.17) is 0 Å². The Hall–Kier alpha value is -4.01. The summed E-state index contributed by atoms with van der Waals surface area (Å²) < 4.78 is 26.8. The van der Waals surface area contributed by atoms with E-state index in [1.165, 1.54) is 30.6 Å². The lowest BCUT2D eigenvalue weighted by atomic mass is 10.1. The average molecular weight is 463 g/mol. The number of piperazine rings is 1. The Kier molecular flexibility index (Phi) is 5.83.